The van der Waals surface area contributed by atoms with Crippen molar-refractivity contribution >= 4 is 33.2 Å². The van der Waals surface area contributed by atoms with Gasteiger partial charge in [-0.05, 0) is 34.5 Å². The smallest absolute Gasteiger partial charge is 0.263 e. The first-order valence-corrected chi connectivity index (χ1v) is 5.79. The van der Waals surface area contributed by atoms with E-state index in [1.54, 1.807) is 7.05 Å². The molecule has 3 nitrogen and oxygen atoms in total. The zero-order valence-electron chi connectivity index (χ0n) is 8.08. The molecule has 5 heteroatoms. The normalized spacial score (nSPS) is 10.3. The number of thiophene rings is 1. The third kappa shape index (κ3) is 2.56. The summed E-state index contributed by atoms with van der Waals surface area (Å²) in [4.78, 5) is 13.9. The number of hydrogen-bond donors (Lipinski definition) is 1. The molecule has 1 aromatic heterocycles. The Kier molecular flexibility index (Phi) is 4.10. The van der Waals surface area contributed by atoms with E-state index in [1.807, 2.05) is 13.0 Å². The van der Waals surface area contributed by atoms with Crippen molar-refractivity contribution in [1.82, 2.24) is 4.90 Å². The third-order valence-corrected chi connectivity index (χ3v) is 3.97. The van der Waals surface area contributed by atoms with Gasteiger partial charge in [0.25, 0.3) is 5.91 Å². The van der Waals surface area contributed by atoms with Gasteiger partial charge in [-0.15, -0.1) is 11.3 Å². The zero-order valence-corrected chi connectivity index (χ0v) is 10.5. The predicted molar refractivity (Wildman–Crippen MR) is 60.8 cm³/mol. The summed E-state index contributed by atoms with van der Waals surface area (Å²) in [6.45, 7) is 2.31. The molecule has 0 radical (unpaired) electrons. The van der Waals surface area contributed by atoms with Gasteiger partial charge in [-0.2, -0.15) is 0 Å². The first-order valence-electron chi connectivity index (χ1n) is 4.18. The van der Waals surface area contributed by atoms with Gasteiger partial charge in [-0.3, -0.25) is 4.79 Å². The van der Waals surface area contributed by atoms with Gasteiger partial charge in [0, 0.05) is 13.6 Å². The van der Waals surface area contributed by atoms with Crippen LogP contribution in [-0.2, 0) is 0 Å². The molecule has 0 saturated carbocycles. The average Bonchev–Trinajstić information content (AvgIpc) is 2.46. The molecule has 0 aromatic carbocycles. The average molecular weight is 278 g/mol. The number of aliphatic hydroxyl groups is 1. The number of aliphatic hydroxyl groups excluding tert-OH is 1. The Hall–Kier alpha value is -0.390. The Bertz CT molecular complexity index is 318. The second-order valence-corrected chi connectivity index (χ2v) is 5.39. The van der Waals surface area contributed by atoms with Crippen molar-refractivity contribution in [3.05, 3.63) is 20.3 Å². The van der Waals surface area contributed by atoms with E-state index in [4.69, 9.17) is 5.11 Å². The van der Waals surface area contributed by atoms with Crippen LogP contribution >= 0.6 is 27.3 Å². The van der Waals surface area contributed by atoms with Crippen molar-refractivity contribution in [3.63, 3.8) is 0 Å². The Balaban J connectivity index is 2.79. The predicted octanol–water partition coefficient (Wildman–Crippen LogP) is 1.88. The second kappa shape index (κ2) is 4.91. The van der Waals surface area contributed by atoms with Crippen LogP contribution < -0.4 is 0 Å². The van der Waals surface area contributed by atoms with Gasteiger partial charge in [0.1, 0.15) is 0 Å². The fourth-order valence-electron chi connectivity index (χ4n) is 1.00. The standard InChI is InChI=1S/C9H12BrNO2S/c1-6-5-7(14-8(6)10)9(13)11(2)3-4-12/h5,12H,3-4H2,1-2H3. The number of halogens is 1. The number of nitrogens with zero attached hydrogens (tertiary/aromatic N) is 1. The molecule has 1 rings (SSSR count). The quantitative estimate of drug-likeness (QED) is 0.917. The summed E-state index contributed by atoms with van der Waals surface area (Å²) in [5.41, 5.74) is 1.07. The molecule has 0 unspecified atom stereocenters. The molecule has 0 aliphatic carbocycles. The van der Waals surface area contributed by atoms with Gasteiger partial charge in [0.05, 0.1) is 15.3 Å². The highest BCUT2D eigenvalue weighted by Gasteiger charge is 2.14. The summed E-state index contributed by atoms with van der Waals surface area (Å²) in [6, 6.07) is 1.85. The number of carbonyl (C=O) groups excluding carboxylic acids is 1. The molecule has 0 aliphatic rings. The van der Waals surface area contributed by atoms with E-state index in [9.17, 15) is 4.79 Å². The van der Waals surface area contributed by atoms with E-state index in [2.05, 4.69) is 15.9 Å². The van der Waals surface area contributed by atoms with Gasteiger partial charge in [-0.25, -0.2) is 0 Å². The van der Waals surface area contributed by atoms with E-state index in [0.29, 0.717) is 11.4 Å². The first-order chi connectivity index (χ1) is 6.56. The molecular weight excluding hydrogens is 266 g/mol. The second-order valence-electron chi connectivity index (χ2n) is 3.02. The van der Waals surface area contributed by atoms with E-state index in [1.165, 1.54) is 16.2 Å². The van der Waals surface area contributed by atoms with Crippen LogP contribution in [0.5, 0.6) is 0 Å². The molecule has 0 bridgehead atoms. The molecule has 1 amide bonds. The van der Waals surface area contributed by atoms with Crippen LogP contribution in [-0.4, -0.2) is 36.1 Å². The lowest BCUT2D eigenvalue weighted by Gasteiger charge is -2.13. The summed E-state index contributed by atoms with van der Waals surface area (Å²) in [5.74, 6) is -0.0437. The van der Waals surface area contributed by atoms with Gasteiger partial charge in [0.2, 0.25) is 0 Å². The Labute approximate surface area is 95.5 Å². The minimum Gasteiger partial charge on any atom is -0.395 e. The molecule has 0 atom stereocenters. The van der Waals surface area contributed by atoms with Crippen molar-refractivity contribution in [1.29, 1.82) is 0 Å². The summed E-state index contributed by atoms with van der Waals surface area (Å²) in [7, 11) is 1.68. The number of carbonyl (C=O) groups is 1. The maximum absolute atomic E-state index is 11.7. The maximum Gasteiger partial charge on any atom is 0.263 e. The highest BCUT2D eigenvalue weighted by molar-refractivity contribution is 9.11. The number of likely N-dealkylation sites (N-methyl/N-ethyl adjacent to an activating group) is 1. The summed E-state index contributed by atoms with van der Waals surface area (Å²) in [5, 5.41) is 8.69. The van der Waals surface area contributed by atoms with Crippen LogP contribution in [0.4, 0.5) is 0 Å². The molecule has 0 saturated heterocycles. The van der Waals surface area contributed by atoms with Gasteiger partial charge in [-0.1, -0.05) is 0 Å². The molecule has 0 fully saturated rings. The van der Waals surface area contributed by atoms with Crippen LogP contribution in [0.3, 0.4) is 0 Å². The molecular formula is C9H12BrNO2S. The third-order valence-electron chi connectivity index (χ3n) is 1.85. The monoisotopic (exact) mass is 277 g/mol. The Morgan fingerprint density at radius 3 is 2.79 bits per heavy atom. The maximum atomic E-state index is 11.7. The highest BCUT2D eigenvalue weighted by Crippen LogP contribution is 2.27. The molecule has 0 spiro atoms. The van der Waals surface area contributed by atoms with Crippen LogP contribution in [0.25, 0.3) is 0 Å². The van der Waals surface area contributed by atoms with Crippen molar-refractivity contribution in [2.75, 3.05) is 20.2 Å². The summed E-state index contributed by atoms with van der Waals surface area (Å²) >= 11 is 4.79. The van der Waals surface area contributed by atoms with Crippen molar-refractivity contribution in [3.8, 4) is 0 Å². The van der Waals surface area contributed by atoms with E-state index in [0.717, 1.165) is 9.35 Å². The van der Waals surface area contributed by atoms with E-state index < -0.39 is 0 Å². The zero-order chi connectivity index (χ0) is 10.7. The van der Waals surface area contributed by atoms with Gasteiger partial charge in [0.15, 0.2) is 0 Å². The van der Waals surface area contributed by atoms with Crippen LogP contribution in [0.2, 0.25) is 0 Å². The Morgan fingerprint density at radius 1 is 1.71 bits per heavy atom. The number of amides is 1. The lowest BCUT2D eigenvalue weighted by Crippen LogP contribution is -2.28. The van der Waals surface area contributed by atoms with Crippen LogP contribution in [0.1, 0.15) is 15.2 Å². The van der Waals surface area contributed by atoms with Crippen LogP contribution in [0, 0.1) is 6.92 Å². The Morgan fingerprint density at radius 2 is 2.36 bits per heavy atom. The topological polar surface area (TPSA) is 40.5 Å². The highest BCUT2D eigenvalue weighted by atomic mass is 79.9. The van der Waals surface area contributed by atoms with Crippen LogP contribution in [0.15, 0.2) is 9.85 Å². The number of aryl methyl sites for hydroxylation is 1. The molecule has 78 valence electrons. The SMILES string of the molecule is Cc1cc(C(=O)N(C)CCO)sc1Br. The minimum atomic E-state index is -0.0437. The fourth-order valence-corrected chi connectivity index (χ4v) is 2.53. The first kappa shape index (κ1) is 11.7. The van der Waals surface area contributed by atoms with Gasteiger partial charge < -0.3 is 10.0 Å². The minimum absolute atomic E-state index is 0.00618. The van der Waals surface area contributed by atoms with Gasteiger partial charge >= 0.3 is 0 Å². The fraction of sp³-hybridized carbons (Fsp3) is 0.444. The van der Waals surface area contributed by atoms with E-state index >= 15 is 0 Å². The van der Waals surface area contributed by atoms with Crippen molar-refractivity contribution in [2.45, 2.75) is 6.92 Å². The largest absolute Gasteiger partial charge is 0.395 e. The van der Waals surface area contributed by atoms with Crippen molar-refractivity contribution < 1.29 is 9.90 Å². The van der Waals surface area contributed by atoms with E-state index in [-0.39, 0.29) is 12.5 Å². The molecule has 1 aromatic rings. The number of hydrogen-bond acceptors (Lipinski definition) is 3. The molecule has 1 N–H and O–H groups in total. The molecule has 14 heavy (non-hydrogen) atoms. The molecule has 1 heterocycles. The van der Waals surface area contributed by atoms with Crippen molar-refractivity contribution in [2.24, 2.45) is 0 Å². The summed E-state index contributed by atoms with van der Waals surface area (Å²) < 4.78 is 0.984. The lowest BCUT2D eigenvalue weighted by molar-refractivity contribution is 0.0771. The number of rotatable bonds is 3. The molecule has 0 aliphatic heterocycles. The lowest BCUT2D eigenvalue weighted by atomic mass is 10.3. The summed E-state index contributed by atoms with van der Waals surface area (Å²) in [6.07, 6.45) is 0.